The summed E-state index contributed by atoms with van der Waals surface area (Å²) < 4.78 is 16.6. The number of rotatable bonds is 5. The Morgan fingerprint density at radius 2 is 2.40 bits per heavy atom. The van der Waals surface area contributed by atoms with E-state index >= 15 is 0 Å². The average molecular weight is 343 g/mol. The maximum absolute atomic E-state index is 12.5. The number of pyridine rings is 1. The highest BCUT2D eigenvalue weighted by Gasteiger charge is 2.52. The van der Waals surface area contributed by atoms with Gasteiger partial charge in [-0.2, -0.15) is 0 Å². The quantitative estimate of drug-likeness (QED) is 0.822. The van der Waals surface area contributed by atoms with E-state index in [0.717, 1.165) is 11.4 Å². The molecule has 0 aliphatic carbocycles. The minimum absolute atomic E-state index is 0.0946. The molecule has 132 valence electrons. The van der Waals surface area contributed by atoms with Gasteiger partial charge in [-0.3, -0.25) is 9.78 Å². The Hall–Kier alpha value is -2.25. The van der Waals surface area contributed by atoms with E-state index in [1.165, 1.54) is 12.7 Å². The molecule has 0 aromatic carbocycles. The van der Waals surface area contributed by atoms with Crippen molar-refractivity contribution in [1.82, 2.24) is 14.9 Å². The number of carbonyl (C=O) groups is 1. The highest BCUT2D eigenvalue weighted by atomic mass is 16.5. The Balaban J connectivity index is 1.40. The van der Waals surface area contributed by atoms with Crippen LogP contribution in [0.4, 0.5) is 0 Å². The van der Waals surface area contributed by atoms with Crippen LogP contribution >= 0.6 is 0 Å². The molecule has 2 aromatic heterocycles. The van der Waals surface area contributed by atoms with Crippen LogP contribution in [0.2, 0.25) is 0 Å². The largest absolute Gasteiger partial charge is 0.451 e. The lowest BCUT2D eigenvalue weighted by atomic mass is 9.82. The first-order chi connectivity index (χ1) is 12.2. The second-order valence-electron chi connectivity index (χ2n) is 6.90. The van der Waals surface area contributed by atoms with Crippen LogP contribution in [0.3, 0.4) is 0 Å². The van der Waals surface area contributed by atoms with Crippen molar-refractivity contribution in [2.75, 3.05) is 32.9 Å². The van der Waals surface area contributed by atoms with Crippen molar-refractivity contribution in [2.45, 2.75) is 13.5 Å². The molecular weight excluding hydrogens is 322 g/mol. The molecular formula is C18H21N3O4. The third-order valence-corrected chi connectivity index (χ3v) is 5.05. The molecule has 25 heavy (non-hydrogen) atoms. The molecule has 2 aliphatic heterocycles. The number of ether oxygens (including phenoxy) is 2. The molecule has 4 rings (SSSR count). The Bertz CT molecular complexity index is 749. The van der Waals surface area contributed by atoms with Gasteiger partial charge >= 0.3 is 0 Å². The molecule has 0 radical (unpaired) electrons. The molecule has 2 aliphatic rings. The molecule has 1 amide bonds. The molecule has 4 heterocycles. The van der Waals surface area contributed by atoms with Gasteiger partial charge in [-0.15, -0.1) is 0 Å². The monoisotopic (exact) mass is 343 g/mol. The fourth-order valence-corrected chi connectivity index (χ4v) is 3.71. The first-order valence-electron chi connectivity index (χ1n) is 8.42. The number of carbonyl (C=O) groups excluding carboxylic acids is 1. The summed E-state index contributed by atoms with van der Waals surface area (Å²) in [6.45, 7) is 5.54. The minimum Gasteiger partial charge on any atom is -0.451 e. The number of hydrogen-bond donors (Lipinski definition) is 0. The molecule has 2 atom stereocenters. The predicted molar refractivity (Wildman–Crippen MR) is 87.8 cm³/mol. The molecule has 0 saturated carbocycles. The summed E-state index contributed by atoms with van der Waals surface area (Å²) in [6, 6.07) is 5.91. The predicted octanol–water partition coefficient (Wildman–Crippen LogP) is 1.68. The van der Waals surface area contributed by atoms with E-state index in [9.17, 15) is 4.79 Å². The van der Waals surface area contributed by atoms with Gasteiger partial charge in [0.1, 0.15) is 6.26 Å². The van der Waals surface area contributed by atoms with Crippen LogP contribution in [0.25, 0.3) is 0 Å². The first-order valence-corrected chi connectivity index (χ1v) is 8.42. The van der Waals surface area contributed by atoms with Crippen molar-refractivity contribution in [3.63, 3.8) is 0 Å². The first kappa shape index (κ1) is 16.2. The smallest absolute Gasteiger partial charge is 0.275 e. The molecule has 0 bridgehead atoms. The standard InChI is InChI=1S/C18H21N3O4/c1-13-3-2-4-15(20-13)7-24-11-18-9-21(5-14(18)6-23-10-18)17(22)16-8-25-12-19-16/h2-4,8,12,14H,5-7,9-11H2,1H3/t14-,18+/m1/s1. The van der Waals surface area contributed by atoms with Crippen LogP contribution in [0, 0.1) is 18.3 Å². The van der Waals surface area contributed by atoms with E-state index in [4.69, 9.17) is 13.9 Å². The second kappa shape index (κ2) is 6.57. The van der Waals surface area contributed by atoms with Gasteiger partial charge in [0.15, 0.2) is 12.1 Å². The van der Waals surface area contributed by atoms with E-state index in [1.54, 1.807) is 0 Å². The fraction of sp³-hybridized carbons (Fsp3) is 0.500. The molecule has 7 nitrogen and oxygen atoms in total. The number of hydrogen-bond acceptors (Lipinski definition) is 6. The Morgan fingerprint density at radius 3 is 3.20 bits per heavy atom. The zero-order chi connectivity index (χ0) is 17.3. The summed E-state index contributed by atoms with van der Waals surface area (Å²) in [6.07, 6.45) is 2.67. The third kappa shape index (κ3) is 3.17. The second-order valence-corrected chi connectivity index (χ2v) is 6.90. The lowest BCUT2D eigenvalue weighted by Gasteiger charge is -2.26. The van der Waals surface area contributed by atoms with Crippen molar-refractivity contribution in [2.24, 2.45) is 11.3 Å². The summed E-state index contributed by atoms with van der Waals surface area (Å²) >= 11 is 0. The number of nitrogens with zero attached hydrogens (tertiary/aromatic N) is 3. The van der Waals surface area contributed by atoms with Crippen molar-refractivity contribution in [3.05, 3.63) is 47.9 Å². The Labute approximate surface area is 146 Å². The average Bonchev–Trinajstić information content (AvgIpc) is 3.30. The molecule has 0 N–H and O–H groups in total. The van der Waals surface area contributed by atoms with Gasteiger partial charge in [0.2, 0.25) is 0 Å². The highest BCUT2D eigenvalue weighted by Crippen LogP contribution is 2.42. The fourth-order valence-electron chi connectivity index (χ4n) is 3.71. The zero-order valence-corrected chi connectivity index (χ0v) is 14.2. The highest BCUT2D eigenvalue weighted by molar-refractivity contribution is 5.92. The topological polar surface area (TPSA) is 77.7 Å². The normalized spacial score (nSPS) is 25.3. The van der Waals surface area contributed by atoms with Crippen LogP contribution in [-0.4, -0.2) is 53.7 Å². The number of oxazole rings is 1. The van der Waals surface area contributed by atoms with Crippen molar-refractivity contribution in [1.29, 1.82) is 0 Å². The molecule has 2 fully saturated rings. The van der Waals surface area contributed by atoms with Crippen LogP contribution in [-0.2, 0) is 16.1 Å². The summed E-state index contributed by atoms with van der Waals surface area (Å²) in [4.78, 5) is 22.8. The van der Waals surface area contributed by atoms with E-state index < -0.39 is 0 Å². The van der Waals surface area contributed by atoms with Crippen LogP contribution in [0.1, 0.15) is 21.9 Å². The van der Waals surface area contributed by atoms with Gasteiger partial charge < -0.3 is 18.8 Å². The van der Waals surface area contributed by atoms with E-state index in [0.29, 0.717) is 45.2 Å². The van der Waals surface area contributed by atoms with Crippen molar-refractivity contribution in [3.8, 4) is 0 Å². The number of aromatic nitrogens is 2. The number of amides is 1. The Kier molecular flexibility index (Phi) is 4.27. The number of likely N-dealkylation sites (tertiary alicyclic amines) is 1. The maximum Gasteiger partial charge on any atom is 0.275 e. The maximum atomic E-state index is 12.5. The number of aryl methyl sites for hydroxylation is 1. The summed E-state index contributed by atoms with van der Waals surface area (Å²) in [5.41, 5.74) is 2.09. The third-order valence-electron chi connectivity index (χ3n) is 5.05. The van der Waals surface area contributed by atoms with Crippen molar-refractivity contribution < 1.29 is 18.7 Å². The Morgan fingerprint density at radius 1 is 1.48 bits per heavy atom. The lowest BCUT2D eigenvalue weighted by Crippen LogP contribution is -2.37. The van der Waals surface area contributed by atoms with E-state index in [2.05, 4.69) is 9.97 Å². The molecule has 7 heteroatoms. The molecule has 0 unspecified atom stereocenters. The molecule has 2 aromatic rings. The van der Waals surface area contributed by atoms with E-state index in [-0.39, 0.29) is 17.2 Å². The van der Waals surface area contributed by atoms with Gasteiger partial charge in [-0.05, 0) is 19.1 Å². The van der Waals surface area contributed by atoms with Crippen molar-refractivity contribution >= 4 is 5.91 Å². The molecule has 0 spiro atoms. The van der Waals surface area contributed by atoms with Crippen LogP contribution in [0.5, 0.6) is 0 Å². The van der Waals surface area contributed by atoms with Gasteiger partial charge in [0, 0.05) is 30.1 Å². The van der Waals surface area contributed by atoms with Crippen LogP contribution < -0.4 is 0 Å². The van der Waals surface area contributed by atoms with E-state index in [1.807, 2.05) is 30.0 Å². The molecule has 2 saturated heterocycles. The number of fused-ring (bicyclic) bond motifs is 1. The van der Waals surface area contributed by atoms with Gasteiger partial charge in [-0.1, -0.05) is 6.07 Å². The SMILES string of the molecule is Cc1cccc(COC[C@]23COC[C@H]2CN(C(=O)c2cocn2)C3)n1. The summed E-state index contributed by atoms with van der Waals surface area (Å²) in [7, 11) is 0. The summed E-state index contributed by atoms with van der Waals surface area (Å²) in [5.74, 6) is 0.191. The lowest BCUT2D eigenvalue weighted by molar-refractivity contribution is 0.0174. The zero-order valence-electron chi connectivity index (χ0n) is 14.2. The van der Waals surface area contributed by atoms with Crippen LogP contribution in [0.15, 0.2) is 35.3 Å². The van der Waals surface area contributed by atoms with Gasteiger partial charge in [0.25, 0.3) is 5.91 Å². The van der Waals surface area contributed by atoms with Gasteiger partial charge in [0.05, 0.1) is 32.1 Å². The van der Waals surface area contributed by atoms with Gasteiger partial charge in [-0.25, -0.2) is 4.98 Å². The summed E-state index contributed by atoms with van der Waals surface area (Å²) in [5, 5.41) is 0. The minimum atomic E-state index is -0.150.